The number of rotatable bonds is 10. The summed E-state index contributed by atoms with van der Waals surface area (Å²) in [6, 6.07) is 10.3. The summed E-state index contributed by atoms with van der Waals surface area (Å²) in [4.78, 5) is 41.8. The number of aromatic nitrogens is 3. The highest BCUT2D eigenvalue weighted by Crippen LogP contribution is 2.38. The van der Waals surface area contributed by atoms with Crippen molar-refractivity contribution in [2.45, 2.75) is 18.9 Å². The summed E-state index contributed by atoms with van der Waals surface area (Å²) in [7, 11) is 3.97. The molecule has 0 saturated carbocycles. The zero-order chi connectivity index (χ0) is 29.8. The van der Waals surface area contributed by atoms with Gasteiger partial charge >= 0.3 is 5.97 Å². The van der Waals surface area contributed by atoms with E-state index in [0.717, 1.165) is 19.4 Å². The van der Waals surface area contributed by atoms with Gasteiger partial charge in [0.2, 0.25) is 17.0 Å². The Morgan fingerprint density at radius 2 is 2.12 bits per heavy atom. The number of anilines is 2. The number of fused-ring (bicyclic) bond motifs is 1. The summed E-state index contributed by atoms with van der Waals surface area (Å²) in [6.45, 7) is 10.4. The summed E-state index contributed by atoms with van der Waals surface area (Å²) < 4.78 is 7.58. The maximum atomic E-state index is 13.3. The van der Waals surface area contributed by atoms with Gasteiger partial charge in [-0.25, -0.2) is 19.6 Å². The van der Waals surface area contributed by atoms with E-state index in [4.69, 9.17) is 22.9 Å². The molecular weight excluding hydrogens is 558 g/mol. The molecule has 0 amide bonds. The van der Waals surface area contributed by atoms with Crippen LogP contribution < -0.4 is 20.4 Å². The van der Waals surface area contributed by atoms with Crippen molar-refractivity contribution in [2.24, 2.45) is 0 Å². The first-order valence-corrected chi connectivity index (χ1v) is 13.8. The van der Waals surface area contributed by atoms with E-state index in [-0.39, 0.29) is 22.7 Å². The van der Waals surface area contributed by atoms with Crippen LogP contribution in [0.5, 0.6) is 5.88 Å². The molecule has 1 aromatic carbocycles. The third kappa shape index (κ3) is 6.00. The highest BCUT2D eigenvalue weighted by Gasteiger charge is 2.29. The predicted molar refractivity (Wildman–Crippen MR) is 163 cm³/mol. The Balaban J connectivity index is 1.55. The molecule has 0 unspecified atom stereocenters. The van der Waals surface area contributed by atoms with E-state index < -0.39 is 11.4 Å². The fourth-order valence-electron chi connectivity index (χ4n) is 5.05. The number of pyridine rings is 3. The second-order valence-electron chi connectivity index (χ2n) is 10.2. The Kier molecular flexibility index (Phi) is 8.56. The number of hydrogen-bond acceptors (Lipinski definition) is 8. The first-order chi connectivity index (χ1) is 20.3. The molecular formula is C30H30ClN7O4. The molecule has 42 heavy (non-hydrogen) atoms. The summed E-state index contributed by atoms with van der Waals surface area (Å²) in [6.07, 6.45) is 6.27. The van der Waals surface area contributed by atoms with Crippen molar-refractivity contribution < 1.29 is 14.6 Å². The van der Waals surface area contributed by atoms with Gasteiger partial charge in [0, 0.05) is 43.1 Å². The Hall–Kier alpha value is -4.66. The van der Waals surface area contributed by atoms with Gasteiger partial charge in [0.1, 0.15) is 23.0 Å². The second-order valence-corrected chi connectivity index (χ2v) is 10.6. The minimum Gasteiger partial charge on any atom is -0.477 e. The quantitative estimate of drug-likeness (QED) is 0.254. The molecule has 1 aliphatic rings. The van der Waals surface area contributed by atoms with Crippen LogP contribution in [0.15, 0.2) is 59.8 Å². The average molecular weight is 588 g/mol. The Morgan fingerprint density at radius 1 is 1.29 bits per heavy atom. The molecule has 1 atom stereocenters. The monoisotopic (exact) mass is 587 g/mol. The molecule has 2 N–H and O–H groups in total. The molecule has 5 rings (SSSR count). The number of hydrogen-bond donors (Lipinski definition) is 2. The number of benzene rings is 1. The molecule has 0 aliphatic carbocycles. The van der Waals surface area contributed by atoms with Crippen LogP contribution in [0, 0.1) is 6.57 Å². The summed E-state index contributed by atoms with van der Waals surface area (Å²) >= 11 is 6.22. The number of nitrogens with zero attached hydrogens (tertiary/aromatic N) is 6. The third-order valence-electron chi connectivity index (χ3n) is 7.17. The maximum absolute atomic E-state index is 13.3. The minimum atomic E-state index is -1.34. The molecule has 0 spiro atoms. The van der Waals surface area contributed by atoms with Crippen LogP contribution in [0.1, 0.15) is 23.2 Å². The van der Waals surface area contributed by atoms with Gasteiger partial charge in [-0.15, -0.1) is 0 Å². The third-order valence-corrected chi connectivity index (χ3v) is 7.45. The van der Waals surface area contributed by atoms with Crippen LogP contribution in [0.25, 0.3) is 21.4 Å². The molecule has 1 saturated heterocycles. The van der Waals surface area contributed by atoms with Crippen molar-refractivity contribution in [1.82, 2.24) is 19.4 Å². The number of carboxylic acids is 1. The smallest absolute Gasteiger partial charge is 0.341 e. The standard InChI is InChI=1S/C30H30ClN7O4/c1-32-24-14-21-25(15-26(24)37-12-5-6-20(37)18-42-29-23(31)7-4-10-34-29)38(17-22(28(21)39)30(40)41)19-8-9-27(35-16-19)33-11-13-36(2)3/h4,7-10,14-17,20H,5-6,11-13,18H2,2-3H3,(H,33,35)(H,40,41)/t20-/m1/s1. The van der Waals surface area contributed by atoms with Crippen LogP contribution >= 0.6 is 11.6 Å². The fraction of sp³-hybridized carbons (Fsp3) is 0.300. The topological polar surface area (TPSA) is 117 Å². The van der Waals surface area contributed by atoms with E-state index in [2.05, 4.69) is 29.9 Å². The van der Waals surface area contributed by atoms with Crippen molar-refractivity contribution in [3.05, 3.63) is 87.2 Å². The van der Waals surface area contributed by atoms with Gasteiger partial charge in [-0.2, -0.15) is 0 Å². The number of halogens is 1. The number of carbonyl (C=O) groups is 1. The average Bonchev–Trinajstić information content (AvgIpc) is 3.45. The van der Waals surface area contributed by atoms with Crippen LogP contribution in [0.4, 0.5) is 17.2 Å². The first-order valence-electron chi connectivity index (χ1n) is 13.5. The van der Waals surface area contributed by atoms with Gasteiger partial charge in [0.25, 0.3) is 0 Å². The fourth-order valence-corrected chi connectivity index (χ4v) is 5.23. The predicted octanol–water partition coefficient (Wildman–Crippen LogP) is 4.70. The van der Waals surface area contributed by atoms with E-state index in [0.29, 0.717) is 53.3 Å². The minimum absolute atomic E-state index is 0.0614. The molecule has 1 fully saturated rings. The lowest BCUT2D eigenvalue weighted by Gasteiger charge is -2.28. The van der Waals surface area contributed by atoms with E-state index in [1.165, 1.54) is 12.3 Å². The number of nitrogens with one attached hydrogen (secondary N) is 1. The summed E-state index contributed by atoms with van der Waals surface area (Å²) in [5.74, 6) is -0.325. The first kappa shape index (κ1) is 28.9. The van der Waals surface area contributed by atoms with Gasteiger partial charge in [-0.3, -0.25) is 4.79 Å². The van der Waals surface area contributed by atoms with Crippen LogP contribution in [-0.4, -0.2) is 76.9 Å². The number of ether oxygens (including phenoxy) is 1. The van der Waals surface area contributed by atoms with E-state index in [1.807, 2.05) is 20.2 Å². The van der Waals surface area contributed by atoms with E-state index >= 15 is 0 Å². The van der Waals surface area contributed by atoms with E-state index in [9.17, 15) is 14.7 Å². The highest BCUT2D eigenvalue weighted by molar-refractivity contribution is 6.31. The molecule has 0 bridgehead atoms. The van der Waals surface area contributed by atoms with Crippen molar-refractivity contribution >= 4 is 45.7 Å². The molecule has 4 aromatic rings. The van der Waals surface area contributed by atoms with Gasteiger partial charge in [-0.1, -0.05) is 11.6 Å². The van der Waals surface area contributed by atoms with Crippen molar-refractivity contribution in [2.75, 3.05) is 50.6 Å². The Labute approximate surface area is 247 Å². The maximum Gasteiger partial charge on any atom is 0.341 e. The lowest BCUT2D eigenvalue weighted by Crippen LogP contribution is -2.34. The number of likely N-dealkylation sites (N-methyl/N-ethyl adjacent to an activating group) is 1. The zero-order valence-electron chi connectivity index (χ0n) is 23.2. The lowest BCUT2D eigenvalue weighted by atomic mass is 10.1. The lowest BCUT2D eigenvalue weighted by molar-refractivity contribution is 0.0695. The molecule has 1 aliphatic heterocycles. The van der Waals surface area contributed by atoms with E-state index in [1.54, 1.807) is 41.2 Å². The van der Waals surface area contributed by atoms with Crippen molar-refractivity contribution in [1.29, 1.82) is 0 Å². The van der Waals surface area contributed by atoms with Gasteiger partial charge in [0.15, 0.2) is 0 Å². The van der Waals surface area contributed by atoms with Crippen molar-refractivity contribution in [3.63, 3.8) is 0 Å². The van der Waals surface area contributed by atoms with Crippen LogP contribution in [0.3, 0.4) is 0 Å². The summed E-state index contributed by atoms with van der Waals surface area (Å²) in [5.41, 5.74) is 0.914. The molecule has 3 aromatic heterocycles. The number of carboxylic acid groups (broad SMARTS) is 1. The van der Waals surface area contributed by atoms with Gasteiger partial charge in [0.05, 0.1) is 30.0 Å². The van der Waals surface area contributed by atoms with Crippen LogP contribution in [-0.2, 0) is 0 Å². The highest BCUT2D eigenvalue weighted by atomic mass is 35.5. The molecule has 12 heteroatoms. The molecule has 0 radical (unpaired) electrons. The molecule has 216 valence electrons. The Bertz CT molecular complexity index is 1720. The molecule has 11 nitrogen and oxygen atoms in total. The zero-order valence-corrected chi connectivity index (χ0v) is 24.0. The van der Waals surface area contributed by atoms with Gasteiger partial charge in [-0.05, 0) is 63.3 Å². The SMILES string of the molecule is [C-]#[N+]c1cc2c(=O)c(C(=O)O)cn(-c3ccc(NCCN(C)C)nc3)c2cc1N1CCC[C@@H]1COc1ncccc1Cl. The van der Waals surface area contributed by atoms with Crippen molar-refractivity contribution in [3.8, 4) is 11.6 Å². The normalized spacial score (nSPS) is 14.7. The Morgan fingerprint density at radius 3 is 2.81 bits per heavy atom. The second kappa shape index (κ2) is 12.5. The van der Waals surface area contributed by atoms with Gasteiger partial charge < -0.3 is 29.5 Å². The number of aromatic carboxylic acids is 1. The summed E-state index contributed by atoms with van der Waals surface area (Å²) in [5, 5.41) is 13.6. The van der Waals surface area contributed by atoms with Crippen LogP contribution in [0.2, 0.25) is 5.02 Å². The largest absolute Gasteiger partial charge is 0.477 e. The molecule has 4 heterocycles.